The summed E-state index contributed by atoms with van der Waals surface area (Å²) in [6.45, 7) is 5.63. The standard InChI is InChI=1S/C12H19N3OS/c1-9-10(13)8-11(17-9)12(16)15-5-3-4-14(2)6-7-15/h8H,3-7,13H2,1-2H3. The van der Waals surface area contributed by atoms with Gasteiger partial charge in [0.1, 0.15) is 0 Å². The zero-order valence-electron chi connectivity index (χ0n) is 10.4. The van der Waals surface area contributed by atoms with E-state index < -0.39 is 0 Å². The summed E-state index contributed by atoms with van der Waals surface area (Å²) in [4.78, 5) is 18.3. The quantitative estimate of drug-likeness (QED) is 0.823. The largest absolute Gasteiger partial charge is 0.398 e. The van der Waals surface area contributed by atoms with Crippen LogP contribution < -0.4 is 5.73 Å². The molecule has 0 aliphatic carbocycles. The molecule has 0 atom stereocenters. The van der Waals surface area contributed by atoms with E-state index >= 15 is 0 Å². The average Bonchev–Trinajstić information content (AvgIpc) is 2.51. The summed E-state index contributed by atoms with van der Waals surface area (Å²) in [5, 5.41) is 0. The molecule has 1 aliphatic rings. The van der Waals surface area contributed by atoms with Crippen LogP contribution in [-0.4, -0.2) is 48.9 Å². The van der Waals surface area contributed by atoms with Crippen LogP contribution in [-0.2, 0) is 0 Å². The fraction of sp³-hybridized carbons (Fsp3) is 0.583. The SMILES string of the molecule is Cc1sc(C(=O)N2CCCN(C)CC2)cc1N. The molecule has 0 unspecified atom stereocenters. The zero-order chi connectivity index (χ0) is 12.4. The molecule has 1 aliphatic heterocycles. The Morgan fingerprint density at radius 3 is 2.76 bits per heavy atom. The number of carbonyl (C=O) groups is 1. The van der Waals surface area contributed by atoms with E-state index in [9.17, 15) is 4.79 Å². The molecule has 0 radical (unpaired) electrons. The van der Waals surface area contributed by atoms with Gasteiger partial charge in [-0.1, -0.05) is 0 Å². The summed E-state index contributed by atoms with van der Waals surface area (Å²) in [5.41, 5.74) is 6.52. The molecule has 0 saturated carbocycles. The number of anilines is 1. The second-order valence-electron chi connectivity index (χ2n) is 4.57. The maximum atomic E-state index is 12.3. The van der Waals surface area contributed by atoms with Gasteiger partial charge in [0, 0.05) is 30.2 Å². The van der Waals surface area contributed by atoms with Crippen molar-refractivity contribution in [3.63, 3.8) is 0 Å². The molecule has 2 heterocycles. The van der Waals surface area contributed by atoms with Crippen LogP contribution in [0.25, 0.3) is 0 Å². The van der Waals surface area contributed by atoms with Gasteiger partial charge in [-0.3, -0.25) is 4.79 Å². The van der Waals surface area contributed by atoms with E-state index in [0.29, 0.717) is 0 Å². The minimum atomic E-state index is 0.130. The van der Waals surface area contributed by atoms with Crippen LogP contribution in [0.15, 0.2) is 6.07 Å². The number of hydrogen-bond donors (Lipinski definition) is 1. The Labute approximate surface area is 106 Å². The average molecular weight is 253 g/mol. The summed E-state index contributed by atoms with van der Waals surface area (Å²) in [6.07, 6.45) is 1.04. The van der Waals surface area contributed by atoms with Gasteiger partial charge in [-0.2, -0.15) is 0 Å². The van der Waals surface area contributed by atoms with Gasteiger partial charge in [-0.25, -0.2) is 0 Å². The third-order valence-electron chi connectivity index (χ3n) is 3.17. The van der Waals surface area contributed by atoms with Gasteiger partial charge in [0.25, 0.3) is 5.91 Å². The van der Waals surface area contributed by atoms with Gasteiger partial charge >= 0.3 is 0 Å². The Hall–Kier alpha value is -1.07. The molecule has 1 amide bonds. The van der Waals surface area contributed by atoms with Gasteiger partial charge in [-0.15, -0.1) is 11.3 Å². The number of nitrogens with two attached hydrogens (primary N) is 1. The van der Waals surface area contributed by atoms with Crippen molar-refractivity contribution >= 4 is 22.9 Å². The molecule has 2 rings (SSSR count). The van der Waals surface area contributed by atoms with E-state index in [-0.39, 0.29) is 5.91 Å². The predicted octanol–water partition coefficient (Wildman–Crippen LogP) is 1.42. The molecule has 5 heteroatoms. The molecule has 94 valence electrons. The second kappa shape index (κ2) is 5.06. The monoisotopic (exact) mass is 253 g/mol. The summed E-state index contributed by atoms with van der Waals surface area (Å²) < 4.78 is 0. The number of hydrogen-bond acceptors (Lipinski definition) is 4. The van der Waals surface area contributed by atoms with E-state index in [1.807, 2.05) is 11.8 Å². The number of rotatable bonds is 1. The smallest absolute Gasteiger partial charge is 0.264 e. The van der Waals surface area contributed by atoms with Crippen molar-refractivity contribution < 1.29 is 4.79 Å². The number of amides is 1. The minimum absolute atomic E-state index is 0.130. The highest BCUT2D eigenvalue weighted by atomic mass is 32.1. The Kier molecular flexibility index (Phi) is 3.69. The lowest BCUT2D eigenvalue weighted by atomic mass is 10.3. The fourth-order valence-corrected chi connectivity index (χ4v) is 2.92. The topological polar surface area (TPSA) is 49.6 Å². The van der Waals surface area contributed by atoms with E-state index in [4.69, 9.17) is 5.73 Å². The van der Waals surface area contributed by atoms with Crippen molar-refractivity contribution in [2.45, 2.75) is 13.3 Å². The van der Waals surface area contributed by atoms with Crippen molar-refractivity contribution in [2.24, 2.45) is 0 Å². The summed E-state index contributed by atoms with van der Waals surface area (Å²) in [5.74, 6) is 0.130. The molecule has 2 N–H and O–H groups in total. The van der Waals surface area contributed by atoms with Gasteiger partial charge in [-0.05, 0) is 33.0 Å². The first kappa shape index (κ1) is 12.4. The molecule has 1 fully saturated rings. The van der Waals surface area contributed by atoms with Crippen molar-refractivity contribution in [1.29, 1.82) is 0 Å². The Morgan fingerprint density at radius 1 is 1.35 bits per heavy atom. The first-order valence-corrected chi connectivity index (χ1v) is 6.73. The van der Waals surface area contributed by atoms with Crippen LogP contribution in [0.4, 0.5) is 5.69 Å². The summed E-state index contributed by atoms with van der Waals surface area (Å²) >= 11 is 1.49. The van der Waals surface area contributed by atoms with Crippen LogP contribution in [0.5, 0.6) is 0 Å². The fourth-order valence-electron chi connectivity index (χ4n) is 2.01. The Morgan fingerprint density at radius 2 is 2.12 bits per heavy atom. The first-order chi connectivity index (χ1) is 8.08. The van der Waals surface area contributed by atoms with Crippen LogP contribution in [0.2, 0.25) is 0 Å². The lowest BCUT2D eigenvalue weighted by Gasteiger charge is -2.19. The highest BCUT2D eigenvalue weighted by molar-refractivity contribution is 7.14. The van der Waals surface area contributed by atoms with Crippen LogP contribution >= 0.6 is 11.3 Å². The predicted molar refractivity (Wildman–Crippen MR) is 71.5 cm³/mol. The molecule has 0 aromatic carbocycles. The van der Waals surface area contributed by atoms with Crippen molar-refractivity contribution in [3.05, 3.63) is 15.8 Å². The number of carbonyl (C=O) groups excluding carboxylic acids is 1. The third-order valence-corrected chi connectivity index (χ3v) is 4.23. The van der Waals surface area contributed by atoms with Crippen LogP contribution in [0, 0.1) is 6.92 Å². The molecule has 0 bridgehead atoms. The lowest BCUT2D eigenvalue weighted by Crippen LogP contribution is -2.34. The number of nitrogen functional groups attached to an aromatic ring is 1. The molecule has 4 nitrogen and oxygen atoms in total. The molecular weight excluding hydrogens is 234 g/mol. The Bertz CT molecular complexity index is 396. The molecule has 1 aromatic heterocycles. The van der Waals surface area contributed by atoms with E-state index in [2.05, 4.69) is 11.9 Å². The minimum Gasteiger partial charge on any atom is -0.398 e. The van der Waals surface area contributed by atoms with Gasteiger partial charge in [0.05, 0.1) is 4.88 Å². The number of aryl methyl sites for hydroxylation is 1. The Balaban J connectivity index is 2.09. The lowest BCUT2D eigenvalue weighted by molar-refractivity contribution is 0.0767. The highest BCUT2D eigenvalue weighted by Crippen LogP contribution is 2.24. The van der Waals surface area contributed by atoms with E-state index in [1.165, 1.54) is 11.3 Å². The van der Waals surface area contributed by atoms with Crippen LogP contribution in [0.3, 0.4) is 0 Å². The zero-order valence-corrected chi connectivity index (χ0v) is 11.2. The van der Waals surface area contributed by atoms with Crippen LogP contribution in [0.1, 0.15) is 21.0 Å². The molecule has 1 saturated heterocycles. The van der Waals surface area contributed by atoms with E-state index in [1.54, 1.807) is 6.07 Å². The van der Waals surface area contributed by atoms with Crippen molar-refractivity contribution in [2.75, 3.05) is 39.0 Å². The van der Waals surface area contributed by atoms with Crippen molar-refractivity contribution in [3.8, 4) is 0 Å². The molecule has 1 aromatic rings. The normalized spacial score (nSPS) is 18.1. The summed E-state index contributed by atoms with van der Waals surface area (Å²) in [6, 6.07) is 1.80. The van der Waals surface area contributed by atoms with Gasteiger partial charge in [0.2, 0.25) is 0 Å². The maximum absolute atomic E-state index is 12.3. The maximum Gasteiger partial charge on any atom is 0.264 e. The second-order valence-corrected chi connectivity index (χ2v) is 5.83. The third kappa shape index (κ3) is 2.79. The molecule has 17 heavy (non-hydrogen) atoms. The van der Waals surface area contributed by atoms with Gasteiger partial charge < -0.3 is 15.5 Å². The molecule has 0 spiro atoms. The van der Waals surface area contributed by atoms with Crippen molar-refractivity contribution in [1.82, 2.24) is 9.80 Å². The number of nitrogens with zero attached hydrogens (tertiary/aromatic N) is 2. The summed E-state index contributed by atoms with van der Waals surface area (Å²) in [7, 11) is 2.10. The van der Waals surface area contributed by atoms with Gasteiger partial charge in [0.15, 0.2) is 0 Å². The number of likely N-dealkylation sites (N-methyl/N-ethyl adjacent to an activating group) is 1. The molecular formula is C12H19N3OS. The van der Waals surface area contributed by atoms with E-state index in [0.717, 1.165) is 48.0 Å². The highest BCUT2D eigenvalue weighted by Gasteiger charge is 2.20. The number of thiophene rings is 1. The first-order valence-electron chi connectivity index (χ1n) is 5.91.